The van der Waals surface area contributed by atoms with Gasteiger partial charge in [0.15, 0.2) is 5.13 Å². The van der Waals surface area contributed by atoms with E-state index in [9.17, 15) is 4.79 Å². The molecule has 4 nitrogen and oxygen atoms in total. The van der Waals surface area contributed by atoms with Crippen LogP contribution in [0.15, 0.2) is 48.5 Å². The lowest BCUT2D eigenvalue weighted by Crippen LogP contribution is -2.07. The Labute approximate surface area is 176 Å². The Hall–Kier alpha value is -2.92. The summed E-state index contributed by atoms with van der Waals surface area (Å²) in [6.07, 6.45) is 3.39. The van der Waals surface area contributed by atoms with E-state index >= 15 is 0 Å². The summed E-state index contributed by atoms with van der Waals surface area (Å²) in [6, 6.07) is 14.0. The number of carbonyl (C=O) groups excluding carboxylic acids is 1. The van der Waals surface area contributed by atoms with Gasteiger partial charge in [-0.15, -0.1) is 11.3 Å². The number of aromatic nitrogens is 1. The Morgan fingerprint density at radius 3 is 2.62 bits per heavy atom. The summed E-state index contributed by atoms with van der Waals surface area (Å²) < 4.78 is 5.69. The van der Waals surface area contributed by atoms with Crippen LogP contribution in [-0.2, 0) is 4.79 Å². The van der Waals surface area contributed by atoms with Crippen molar-refractivity contribution >= 4 is 28.5 Å². The number of aryl methyl sites for hydroxylation is 3. The van der Waals surface area contributed by atoms with Crippen LogP contribution in [0.5, 0.6) is 5.75 Å². The summed E-state index contributed by atoms with van der Waals surface area (Å²) in [6.45, 7) is 10.2. The third kappa shape index (κ3) is 5.55. The second kappa shape index (κ2) is 9.05. The molecule has 2 aromatic carbocycles. The van der Waals surface area contributed by atoms with Gasteiger partial charge in [-0.1, -0.05) is 24.3 Å². The van der Waals surface area contributed by atoms with Crippen molar-refractivity contribution in [1.29, 1.82) is 0 Å². The Balaban J connectivity index is 1.70. The largest absolute Gasteiger partial charge is 0.491 e. The molecule has 1 heterocycles. The van der Waals surface area contributed by atoms with Crippen LogP contribution in [0.4, 0.5) is 5.13 Å². The minimum atomic E-state index is -0.208. The smallest absolute Gasteiger partial charge is 0.250 e. The number of thiazole rings is 1. The number of nitrogens with one attached hydrogen (secondary N) is 1. The minimum absolute atomic E-state index is 0.109. The van der Waals surface area contributed by atoms with Crippen molar-refractivity contribution < 1.29 is 9.53 Å². The second-order valence-electron chi connectivity index (χ2n) is 7.28. The van der Waals surface area contributed by atoms with Gasteiger partial charge < -0.3 is 4.74 Å². The molecule has 1 amide bonds. The van der Waals surface area contributed by atoms with Gasteiger partial charge in [0.1, 0.15) is 5.75 Å². The second-order valence-corrected chi connectivity index (χ2v) is 8.49. The van der Waals surface area contributed by atoms with Gasteiger partial charge in [-0.05, 0) is 75.6 Å². The average Bonchev–Trinajstić information content (AvgIpc) is 3.02. The highest BCUT2D eigenvalue weighted by Gasteiger charge is 2.12. The first kappa shape index (κ1) is 20.8. The third-order valence-electron chi connectivity index (χ3n) is 4.46. The van der Waals surface area contributed by atoms with Gasteiger partial charge in [-0.2, -0.15) is 0 Å². The Morgan fingerprint density at radius 1 is 1.10 bits per heavy atom. The summed E-state index contributed by atoms with van der Waals surface area (Å²) in [4.78, 5) is 18.0. The zero-order valence-corrected chi connectivity index (χ0v) is 18.3. The van der Waals surface area contributed by atoms with Crippen LogP contribution in [0.2, 0.25) is 0 Å². The Morgan fingerprint density at radius 2 is 1.90 bits per heavy atom. The molecule has 0 saturated carbocycles. The van der Waals surface area contributed by atoms with Gasteiger partial charge in [0, 0.05) is 16.5 Å². The zero-order valence-electron chi connectivity index (χ0n) is 17.4. The molecule has 5 heteroatoms. The summed E-state index contributed by atoms with van der Waals surface area (Å²) in [5.41, 5.74) is 5.37. The van der Waals surface area contributed by atoms with Crippen molar-refractivity contribution in [3.05, 3.63) is 70.1 Å². The molecular weight excluding hydrogens is 380 g/mol. The molecule has 0 aliphatic carbocycles. The van der Waals surface area contributed by atoms with Crippen molar-refractivity contribution in [1.82, 2.24) is 4.98 Å². The zero-order chi connectivity index (χ0) is 21.0. The minimum Gasteiger partial charge on any atom is -0.491 e. The predicted octanol–water partition coefficient (Wildman–Crippen LogP) is 6.17. The number of anilines is 1. The van der Waals surface area contributed by atoms with Crippen LogP contribution in [0, 0.1) is 20.8 Å². The maximum Gasteiger partial charge on any atom is 0.250 e. The number of benzene rings is 2. The lowest BCUT2D eigenvalue weighted by molar-refractivity contribution is -0.111. The van der Waals surface area contributed by atoms with E-state index in [4.69, 9.17) is 4.74 Å². The van der Waals surface area contributed by atoms with Gasteiger partial charge in [0.25, 0.3) is 0 Å². The molecule has 0 atom stereocenters. The van der Waals surface area contributed by atoms with Crippen LogP contribution >= 0.6 is 11.3 Å². The maximum absolute atomic E-state index is 12.3. The van der Waals surface area contributed by atoms with E-state index in [1.165, 1.54) is 28.5 Å². The molecule has 0 radical (unpaired) electrons. The molecule has 0 unspecified atom stereocenters. The molecule has 29 heavy (non-hydrogen) atoms. The van der Waals surface area contributed by atoms with Crippen molar-refractivity contribution in [3.8, 4) is 17.0 Å². The molecule has 1 N–H and O–H groups in total. The van der Waals surface area contributed by atoms with E-state index in [-0.39, 0.29) is 12.0 Å². The molecule has 0 aliphatic rings. The topological polar surface area (TPSA) is 51.2 Å². The highest BCUT2D eigenvalue weighted by Crippen LogP contribution is 2.31. The number of amides is 1. The van der Waals surface area contributed by atoms with Crippen molar-refractivity contribution in [2.45, 2.75) is 40.7 Å². The number of carbonyl (C=O) groups is 1. The number of hydrogen-bond donors (Lipinski definition) is 1. The van der Waals surface area contributed by atoms with E-state index in [1.807, 2.05) is 45.0 Å². The van der Waals surface area contributed by atoms with Crippen LogP contribution < -0.4 is 10.1 Å². The molecule has 0 saturated heterocycles. The monoisotopic (exact) mass is 406 g/mol. The first-order valence-electron chi connectivity index (χ1n) is 9.62. The number of rotatable bonds is 6. The summed E-state index contributed by atoms with van der Waals surface area (Å²) in [5.74, 6) is 0.580. The van der Waals surface area contributed by atoms with Crippen LogP contribution in [-0.4, -0.2) is 17.0 Å². The van der Waals surface area contributed by atoms with Gasteiger partial charge in [-0.25, -0.2) is 4.98 Å². The summed E-state index contributed by atoms with van der Waals surface area (Å²) in [5, 5.41) is 3.47. The maximum atomic E-state index is 12.3. The highest BCUT2D eigenvalue weighted by molar-refractivity contribution is 7.16. The molecule has 0 spiro atoms. The molecule has 0 aliphatic heterocycles. The normalized spacial score (nSPS) is 11.2. The molecule has 0 bridgehead atoms. The van der Waals surface area contributed by atoms with Crippen molar-refractivity contribution in [2.75, 3.05) is 5.32 Å². The predicted molar refractivity (Wildman–Crippen MR) is 122 cm³/mol. The molecular formula is C24H26N2O2S. The Kier molecular flexibility index (Phi) is 6.49. The van der Waals surface area contributed by atoms with Gasteiger partial charge in [-0.3, -0.25) is 10.1 Å². The van der Waals surface area contributed by atoms with Gasteiger partial charge in [0.05, 0.1) is 11.8 Å². The molecule has 0 fully saturated rings. The van der Waals surface area contributed by atoms with E-state index < -0.39 is 0 Å². The first-order chi connectivity index (χ1) is 13.8. The molecule has 150 valence electrons. The van der Waals surface area contributed by atoms with Gasteiger partial charge in [0.2, 0.25) is 5.91 Å². The quantitative estimate of drug-likeness (QED) is 0.498. The Bertz CT molecular complexity index is 1050. The number of nitrogens with zero attached hydrogens (tertiary/aromatic N) is 1. The van der Waals surface area contributed by atoms with E-state index in [0.717, 1.165) is 27.4 Å². The van der Waals surface area contributed by atoms with Crippen LogP contribution in [0.25, 0.3) is 17.3 Å². The molecule has 3 rings (SSSR count). The van der Waals surface area contributed by atoms with Crippen LogP contribution in [0.1, 0.15) is 35.4 Å². The van der Waals surface area contributed by atoms with E-state index in [0.29, 0.717) is 5.13 Å². The fourth-order valence-electron chi connectivity index (χ4n) is 2.89. The van der Waals surface area contributed by atoms with Gasteiger partial charge >= 0.3 is 0 Å². The lowest BCUT2D eigenvalue weighted by atomic mass is 10.0. The first-order valence-corrected chi connectivity index (χ1v) is 10.4. The fraction of sp³-hybridized carbons (Fsp3) is 0.250. The molecule has 3 aromatic rings. The van der Waals surface area contributed by atoms with Crippen LogP contribution in [0.3, 0.4) is 0 Å². The van der Waals surface area contributed by atoms with Crippen molar-refractivity contribution in [2.24, 2.45) is 0 Å². The third-order valence-corrected chi connectivity index (χ3v) is 5.35. The average molecular weight is 407 g/mol. The SMILES string of the molecule is Cc1ccc(-c2nc(NC(=O)/C=C/c3cccc(OC(C)C)c3)sc2C)cc1C. The standard InChI is InChI=1S/C24H26N2O2S/c1-15(2)28-21-8-6-7-19(14-21)10-12-22(27)25-24-26-23(18(5)29-24)20-11-9-16(3)17(4)13-20/h6-15H,1-5H3,(H,25,26,27)/b12-10+. The fourth-order valence-corrected chi connectivity index (χ4v) is 3.73. The van der Waals surface area contributed by atoms with E-state index in [2.05, 4.69) is 42.3 Å². The number of ether oxygens (including phenoxy) is 1. The number of hydrogen-bond acceptors (Lipinski definition) is 4. The highest BCUT2D eigenvalue weighted by atomic mass is 32.1. The van der Waals surface area contributed by atoms with E-state index in [1.54, 1.807) is 6.08 Å². The lowest BCUT2D eigenvalue weighted by Gasteiger charge is -2.09. The van der Waals surface area contributed by atoms with Crippen molar-refractivity contribution in [3.63, 3.8) is 0 Å². The summed E-state index contributed by atoms with van der Waals surface area (Å²) >= 11 is 1.48. The molecule has 1 aromatic heterocycles. The summed E-state index contributed by atoms with van der Waals surface area (Å²) in [7, 11) is 0.